The largest absolute Gasteiger partial charge is 0.492 e. The Morgan fingerprint density at radius 2 is 1.79 bits per heavy atom. The van der Waals surface area contributed by atoms with Gasteiger partial charge in [0.2, 0.25) is 0 Å². The Morgan fingerprint density at radius 1 is 1.07 bits per heavy atom. The highest BCUT2D eigenvalue weighted by Crippen LogP contribution is 2.30. The van der Waals surface area contributed by atoms with Gasteiger partial charge in [-0.3, -0.25) is 0 Å². The maximum atomic E-state index is 12.8. The normalized spacial score (nSPS) is 14.6. The fourth-order valence-corrected chi connectivity index (χ4v) is 3.29. The molecule has 1 aliphatic rings. The van der Waals surface area contributed by atoms with Crippen LogP contribution in [0.1, 0.15) is 18.1 Å². The third-order valence-corrected chi connectivity index (χ3v) is 4.77. The van der Waals surface area contributed by atoms with Crippen LogP contribution in [0.25, 0.3) is 0 Å². The minimum Gasteiger partial charge on any atom is -0.492 e. The molecule has 2 amide bonds. The lowest BCUT2D eigenvalue weighted by molar-refractivity contribution is -0.137. The number of benzene rings is 2. The zero-order valence-corrected chi connectivity index (χ0v) is 16.2. The van der Waals surface area contributed by atoms with Crippen molar-refractivity contribution >= 4 is 11.7 Å². The highest BCUT2D eigenvalue weighted by Gasteiger charge is 2.30. The average molecular weight is 407 g/mol. The summed E-state index contributed by atoms with van der Waals surface area (Å²) in [6, 6.07) is 12.5. The van der Waals surface area contributed by atoms with E-state index < -0.39 is 11.7 Å². The highest BCUT2D eigenvalue weighted by molar-refractivity contribution is 5.74. The zero-order valence-electron chi connectivity index (χ0n) is 16.2. The third kappa shape index (κ3) is 5.34. The van der Waals surface area contributed by atoms with Crippen LogP contribution < -0.4 is 15.0 Å². The van der Waals surface area contributed by atoms with Gasteiger partial charge in [0.1, 0.15) is 5.75 Å². The quantitative estimate of drug-likeness (QED) is 0.811. The summed E-state index contributed by atoms with van der Waals surface area (Å²) >= 11 is 0. The summed E-state index contributed by atoms with van der Waals surface area (Å²) in [6.07, 6.45) is -4.39. The van der Waals surface area contributed by atoms with Gasteiger partial charge in [-0.1, -0.05) is 24.3 Å². The van der Waals surface area contributed by atoms with Crippen LogP contribution in [0.3, 0.4) is 0 Å². The molecule has 156 valence electrons. The van der Waals surface area contributed by atoms with Crippen LogP contribution in [0, 0.1) is 0 Å². The summed E-state index contributed by atoms with van der Waals surface area (Å²) < 4.78 is 44.1. The molecule has 1 heterocycles. The number of carbonyl (C=O) groups excluding carboxylic acids is 1. The maximum Gasteiger partial charge on any atom is 0.416 e. The third-order valence-electron chi connectivity index (χ3n) is 4.77. The summed E-state index contributed by atoms with van der Waals surface area (Å²) in [5.41, 5.74) is 0.696. The second-order valence-corrected chi connectivity index (χ2v) is 6.73. The van der Waals surface area contributed by atoms with Crippen molar-refractivity contribution in [3.05, 3.63) is 59.7 Å². The minimum atomic E-state index is -4.39. The predicted molar refractivity (Wildman–Crippen MR) is 105 cm³/mol. The van der Waals surface area contributed by atoms with Crippen LogP contribution in [0.15, 0.2) is 48.5 Å². The summed E-state index contributed by atoms with van der Waals surface area (Å²) in [7, 11) is 0. The molecule has 0 spiro atoms. The van der Waals surface area contributed by atoms with Gasteiger partial charge in [0.15, 0.2) is 0 Å². The number of nitrogens with one attached hydrogen (secondary N) is 1. The molecule has 1 saturated heterocycles. The number of urea groups is 1. The minimum absolute atomic E-state index is 0.0517. The van der Waals surface area contributed by atoms with E-state index in [1.165, 1.54) is 6.07 Å². The van der Waals surface area contributed by atoms with Gasteiger partial charge in [0.05, 0.1) is 17.9 Å². The highest BCUT2D eigenvalue weighted by atomic mass is 19.4. The van der Waals surface area contributed by atoms with E-state index in [1.807, 2.05) is 31.2 Å². The Balaban J connectivity index is 1.53. The average Bonchev–Trinajstić information content (AvgIpc) is 2.72. The Labute approximate surface area is 168 Å². The molecule has 2 aromatic rings. The van der Waals surface area contributed by atoms with Crippen molar-refractivity contribution in [2.45, 2.75) is 19.6 Å². The Morgan fingerprint density at radius 3 is 2.48 bits per heavy atom. The number of alkyl halides is 3. The summed E-state index contributed by atoms with van der Waals surface area (Å²) in [5, 5.41) is 2.71. The molecule has 1 fully saturated rings. The molecule has 0 aromatic heterocycles. The number of carbonyl (C=O) groups is 1. The van der Waals surface area contributed by atoms with Gasteiger partial charge in [-0.05, 0) is 36.8 Å². The van der Waals surface area contributed by atoms with Crippen LogP contribution in [-0.4, -0.2) is 43.7 Å². The first-order chi connectivity index (χ1) is 13.9. The van der Waals surface area contributed by atoms with Crippen LogP contribution in [-0.2, 0) is 12.7 Å². The predicted octanol–water partition coefficient (Wildman–Crippen LogP) is 4.14. The van der Waals surface area contributed by atoms with Gasteiger partial charge in [-0.25, -0.2) is 4.79 Å². The van der Waals surface area contributed by atoms with Crippen molar-refractivity contribution in [3.8, 4) is 5.75 Å². The van der Waals surface area contributed by atoms with E-state index in [9.17, 15) is 18.0 Å². The van der Waals surface area contributed by atoms with Crippen LogP contribution in [0.2, 0.25) is 0 Å². The molecule has 1 N–H and O–H groups in total. The van der Waals surface area contributed by atoms with E-state index in [-0.39, 0.29) is 12.6 Å². The molecular formula is C21H24F3N3O2. The molecule has 0 bridgehead atoms. The topological polar surface area (TPSA) is 44.8 Å². The lowest BCUT2D eigenvalue weighted by Crippen LogP contribution is -2.51. The van der Waals surface area contributed by atoms with Crippen LogP contribution >= 0.6 is 0 Å². The molecule has 29 heavy (non-hydrogen) atoms. The SMILES string of the molecule is CCOc1ccccc1N1CCN(C(=O)NCc2cccc(C(F)(F)F)c2)CC1. The van der Waals surface area contributed by atoms with Crippen molar-refractivity contribution in [2.24, 2.45) is 0 Å². The van der Waals surface area contributed by atoms with Gasteiger partial charge >= 0.3 is 12.2 Å². The van der Waals surface area contributed by atoms with Crippen molar-refractivity contribution in [1.29, 1.82) is 0 Å². The molecule has 5 nitrogen and oxygen atoms in total. The van der Waals surface area contributed by atoms with Crippen molar-refractivity contribution in [1.82, 2.24) is 10.2 Å². The Hall–Kier alpha value is -2.90. The van der Waals surface area contributed by atoms with Gasteiger partial charge < -0.3 is 19.9 Å². The number of piperazine rings is 1. The number of hydrogen-bond acceptors (Lipinski definition) is 3. The van der Waals surface area contributed by atoms with Gasteiger partial charge in [-0.15, -0.1) is 0 Å². The molecule has 0 radical (unpaired) electrons. The smallest absolute Gasteiger partial charge is 0.416 e. The van der Waals surface area contributed by atoms with E-state index in [0.29, 0.717) is 38.3 Å². The number of hydrogen-bond donors (Lipinski definition) is 1. The monoisotopic (exact) mass is 407 g/mol. The Bertz CT molecular complexity index is 834. The van der Waals surface area contributed by atoms with Gasteiger partial charge in [0.25, 0.3) is 0 Å². The number of halogens is 3. The number of nitrogens with zero attached hydrogens (tertiary/aromatic N) is 2. The number of amides is 2. The molecule has 1 aliphatic heterocycles. The second kappa shape index (κ2) is 9.07. The number of para-hydroxylation sites is 2. The Kier molecular flexibility index (Phi) is 6.51. The number of ether oxygens (including phenoxy) is 1. The van der Waals surface area contributed by atoms with E-state index in [1.54, 1.807) is 11.0 Å². The summed E-state index contributed by atoms with van der Waals surface area (Å²) in [5.74, 6) is 0.817. The first-order valence-corrected chi connectivity index (χ1v) is 9.54. The number of anilines is 1. The fraction of sp³-hybridized carbons (Fsp3) is 0.381. The molecule has 3 rings (SSSR count). The molecule has 8 heteroatoms. The van der Waals surface area contributed by atoms with E-state index in [4.69, 9.17) is 4.74 Å². The lowest BCUT2D eigenvalue weighted by atomic mass is 10.1. The number of rotatable bonds is 5. The van der Waals surface area contributed by atoms with E-state index in [0.717, 1.165) is 23.6 Å². The first-order valence-electron chi connectivity index (χ1n) is 9.54. The van der Waals surface area contributed by atoms with Crippen LogP contribution in [0.5, 0.6) is 5.75 Å². The fourth-order valence-electron chi connectivity index (χ4n) is 3.29. The lowest BCUT2D eigenvalue weighted by Gasteiger charge is -2.36. The van der Waals surface area contributed by atoms with Gasteiger partial charge in [-0.2, -0.15) is 13.2 Å². The van der Waals surface area contributed by atoms with Crippen LogP contribution in [0.4, 0.5) is 23.7 Å². The van der Waals surface area contributed by atoms with E-state index in [2.05, 4.69) is 10.2 Å². The van der Waals surface area contributed by atoms with Gasteiger partial charge in [0, 0.05) is 32.7 Å². The standard InChI is InChI=1S/C21H24F3N3O2/c1-2-29-19-9-4-3-8-18(19)26-10-12-27(13-11-26)20(28)25-15-16-6-5-7-17(14-16)21(22,23)24/h3-9,14H,2,10-13,15H2,1H3,(H,25,28). The van der Waals surface area contributed by atoms with Crippen molar-refractivity contribution in [2.75, 3.05) is 37.7 Å². The zero-order chi connectivity index (χ0) is 20.9. The molecular weight excluding hydrogens is 383 g/mol. The molecule has 0 aliphatic carbocycles. The second-order valence-electron chi connectivity index (χ2n) is 6.73. The molecule has 0 saturated carbocycles. The maximum absolute atomic E-state index is 12.8. The van der Waals surface area contributed by atoms with E-state index >= 15 is 0 Å². The summed E-state index contributed by atoms with van der Waals surface area (Å²) in [4.78, 5) is 16.3. The van der Waals surface area contributed by atoms with Crippen molar-refractivity contribution in [3.63, 3.8) is 0 Å². The first kappa shape index (κ1) is 20.8. The summed E-state index contributed by atoms with van der Waals surface area (Å²) in [6.45, 7) is 4.92. The molecule has 2 aromatic carbocycles. The van der Waals surface area contributed by atoms with Crippen molar-refractivity contribution < 1.29 is 22.7 Å². The molecule has 0 atom stereocenters. The molecule has 0 unspecified atom stereocenters.